The largest absolute Gasteiger partial charge is 0.497 e. The Hall–Kier alpha value is -4.44. The summed E-state index contributed by atoms with van der Waals surface area (Å²) in [6.07, 6.45) is 3.24. The average molecular weight is 499 g/mol. The molecule has 0 radical (unpaired) electrons. The van der Waals surface area contributed by atoms with Crippen molar-refractivity contribution in [1.82, 2.24) is 0 Å². The normalized spacial score (nSPS) is 14.2. The maximum atomic E-state index is 12.6. The van der Waals surface area contributed by atoms with Crippen LogP contribution in [0.5, 0.6) is 23.0 Å². The van der Waals surface area contributed by atoms with Crippen LogP contribution in [0.1, 0.15) is 48.8 Å². The van der Waals surface area contributed by atoms with Crippen LogP contribution in [0.2, 0.25) is 0 Å². The number of methoxy groups -OCH3 is 1. The van der Waals surface area contributed by atoms with Crippen LogP contribution in [0, 0.1) is 11.3 Å². The van der Waals surface area contributed by atoms with E-state index in [0.717, 1.165) is 36.0 Å². The molecule has 2 N–H and O–H groups in total. The zero-order valence-corrected chi connectivity index (χ0v) is 21.0. The zero-order chi connectivity index (χ0) is 26.2. The Morgan fingerprint density at radius 2 is 1.78 bits per heavy atom. The number of unbranched alkanes of at least 4 members (excludes halogenated alkanes) is 2. The van der Waals surface area contributed by atoms with Gasteiger partial charge in [0, 0.05) is 17.2 Å². The van der Waals surface area contributed by atoms with Gasteiger partial charge in [-0.05, 0) is 36.2 Å². The highest BCUT2D eigenvalue weighted by Crippen LogP contribution is 2.45. The van der Waals surface area contributed by atoms with Crippen molar-refractivity contribution in [2.45, 2.75) is 38.5 Å². The Kier molecular flexibility index (Phi) is 8.32. The fourth-order valence-corrected chi connectivity index (χ4v) is 4.28. The molecule has 0 aromatic heterocycles. The first-order chi connectivity index (χ1) is 18.0. The molecular formula is C30H30N2O5. The second kappa shape index (κ2) is 12.0. The second-order valence-electron chi connectivity index (χ2n) is 8.72. The van der Waals surface area contributed by atoms with Crippen LogP contribution in [0.3, 0.4) is 0 Å². The third-order valence-electron chi connectivity index (χ3n) is 6.17. The number of nitriles is 1. The van der Waals surface area contributed by atoms with Crippen molar-refractivity contribution in [3.05, 3.63) is 94.9 Å². The van der Waals surface area contributed by atoms with Gasteiger partial charge in [0.15, 0.2) is 0 Å². The summed E-state index contributed by atoms with van der Waals surface area (Å²) in [5.41, 5.74) is 8.86. The second-order valence-corrected chi connectivity index (χ2v) is 8.72. The van der Waals surface area contributed by atoms with Gasteiger partial charge in [0.25, 0.3) is 0 Å². The van der Waals surface area contributed by atoms with Gasteiger partial charge in [0.1, 0.15) is 34.6 Å². The Labute approximate surface area is 217 Å². The van der Waals surface area contributed by atoms with Crippen LogP contribution in [-0.2, 0) is 11.2 Å². The lowest BCUT2D eigenvalue weighted by Gasteiger charge is -2.28. The smallest absolute Gasteiger partial charge is 0.315 e. The molecule has 1 aliphatic heterocycles. The first-order valence-electron chi connectivity index (χ1n) is 12.3. The van der Waals surface area contributed by atoms with E-state index >= 15 is 0 Å². The highest BCUT2D eigenvalue weighted by molar-refractivity contribution is 5.75. The number of allylic oxidation sites excluding steroid dienone is 1. The number of nitrogens with zero attached hydrogens (tertiary/aromatic N) is 1. The Balaban J connectivity index is 1.58. The minimum atomic E-state index is -0.472. The maximum absolute atomic E-state index is 12.6. The van der Waals surface area contributed by atoms with Gasteiger partial charge in [-0.15, -0.1) is 0 Å². The monoisotopic (exact) mass is 498 g/mol. The molecule has 3 aromatic carbocycles. The van der Waals surface area contributed by atoms with Gasteiger partial charge in [0.2, 0.25) is 5.88 Å². The van der Waals surface area contributed by atoms with E-state index in [4.69, 9.17) is 24.7 Å². The number of carbonyl (C=O) groups is 1. The lowest BCUT2D eigenvalue weighted by molar-refractivity contribution is -0.133. The van der Waals surface area contributed by atoms with E-state index in [9.17, 15) is 10.1 Å². The molecule has 7 heteroatoms. The molecule has 1 aliphatic rings. The summed E-state index contributed by atoms with van der Waals surface area (Å²) < 4.78 is 22.6. The van der Waals surface area contributed by atoms with E-state index in [0.29, 0.717) is 35.2 Å². The summed E-state index contributed by atoms with van der Waals surface area (Å²) in [6.45, 7) is 2.73. The van der Waals surface area contributed by atoms with Gasteiger partial charge >= 0.3 is 5.97 Å². The van der Waals surface area contributed by atoms with Crippen molar-refractivity contribution in [2.75, 3.05) is 13.7 Å². The summed E-state index contributed by atoms with van der Waals surface area (Å²) >= 11 is 0. The predicted molar refractivity (Wildman–Crippen MR) is 140 cm³/mol. The predicted octanol–water partition coefficient (Wildman–Crippen LogP) is 5.63. The van der Waals surface area contributed by atoms with Gasteiger partial charge in [-0.2, -0.15) is 5.26 Å². The van der Waals surface area contributed by atoms with Crippen LogP contribution in [-0.4, -0.2) is 19.7 Å². The molecule has 0 saturated carbocycles. The number of ether oxygens (including phenoxy) is 4. The number of para-hydroxylation sites is 1. The third kappa shape index (κ3) is 6.04. The van der Waals surface area contributed by atoms with E-state index in [1.807, 2.05) is 36.4 Å². The van der Waals surface area contributed by atoms with Crippen LogP contribution in [0.4, 0.5) is 0 Å². The Morgan fingerprint density at radius 1 is 1.03 bits per heavy atom. The van der Waals surface area contributed by atoms with E-state index < -0.39 is 11.9 Å². The number of rotatable bonds is 10. The number of carbonyl (C=O) groups excluding carboxylic acids is 1. The number of benzene rings is 3. The average Bonchev–Trinajstić information content (AvgIpc) is 2.91. The molecule has 0 fully saturated rings. The lowest BCUT2D eigenvalue weighted by atomic mass is 9.83. The van der Waals surface area contributed by atoms with E-state index in [1.54, 1.807) is 37.4 Å². The lowest BCUT2D eigenvalue weighted by Crippen LogP contribution is -2.21. The topological polar surface area (TPSA) is 104 Å². The molecule has 0 aliphatic carbocycles. The standard InChI is InChI=1S/C30H30N2O5/c1-3-4-7-16-35-26-9-6-5-8-23(26)29-24-15-14-22(18-27(24)37-30(32)25(29)19-31)36-28(33)17-20-10-12-21(34-2)13-11-20/h5-6,8-15,18,29H,3-4,7,16-17,32H2,1-2H3. The SMILES string of the molecule is CCCCCOc1ccccc1C1C(C#N)=C(N)Oc2cc(OC(=O)Cc3ccc(OC)cc3)ccc21. The number of hydrogen-bond donors (Lipinski definition) is 1. The highest BCUT2D eigenvalue weighted by Gasteiger charge is 2.33. The molecule has 0 amide bonds. The van der Waals surface area contributed by atoms with Crippen LogP contribution < -0.4 is 24.7 Å². The minimum absolute atomic E-state index is 0.0162. The maximum Gasteiger partial charge on any atom is 0.315 e. The summed E-state index contributed by atoms with van der Waals surface area (Å²) in [5, 5.41) is 9.92. The molecule has 0 spiro atoms. The molecule has 7 nitrogen and oxygen atoms in total. The van der Waals surface area contributed by atoms with Gasteiger partial charge in [-0.25, -0.2) is 0 Å². The summed E-state index contributed by atoms with van der Waals surface area (Å²) in [4.78, 5) is 12.6. The Bertz CT molecular complexity index is 1320. The van der Waals surface area contributed by atoms with Crippen molar-refractivity contribution in [3.63, 3.8) is 0 Å². The summed E-state index contributed by atoms with van der Waals surface area (Å²) in [6, 6.07) is 22.2. The number of nitrogens with two attached hydrogens (primary N) is 1. The van der Waals surface area contributed by atoms with Crippen molar-refractivity contribution in [2.24, 2.45) is 5.73 Å². The minimum Gasteiger partial charge on any atom is -0.497 e. The number of hydrogen-bond acceptors (Lipinski definition) is 7. The molecule has 0 bridgehead atoms. The summed E-state index contributed by atoms with van der Waals surface area (Å²) in [7, 11) is 1.59. The highest BCUT2D eigenvalue weighted by atomic mass is 16.5. The first kappa shape index (κ1) is 25.6. The van der Waals surface area contributed by atoms with E-state index in [-0.39, 0.29) is 12.3 Å². The number of esters is 1. The molecule has 4 rings (SSSR count). The van der Waals surface area contributed by atoms with Gasteiger partial charge < -0.3 is 24.7 Å². The summed E-state index contributed by atoms with van der Waals surface area (Å²) in [5.74, 6) is 1.30. The third-order valence-corrected chi connectivity index (χ3v) is 6.17. The molecular weight excluding hydrogens is 468 g/mol. The Morgan fingerprint density at radius 3 is 2.51 bits per heavy atom. The quantitative estimate of drug-likeness (QED) is 0.219. The first-order valence-corrected chi connectivity index (χ1v) is 12.3. The van der Waals surface area contributed by atoms with Gasteiger partial charge in [-0.3, -0.25) is 4.79 Å². The molecule has 3 aromatic rings. The van der Waals surface area contributed by atoms with Crippen molar-refractivity contribution in [1.29, 1.82) is 5.26 Å². The molecule has 1 heterocycles. The number of fused-ring (bicyclic) bond motifs is 1. The van der Waals surface area contributed by atoms with E-state index in [2.05, 4.69) is 13.0 Å². The van der Waals surface area contributed by atoms with Crippen LogP contribution >= 0.6 is 0 Å². The van der Waals surface area contributed by atoms with Crippen molar-refractivity contribution >= 4 is 5.97 Å². The molecule has 190 valence electrons. The van der Waals surface area contributed by atoms with Gasteiger partial charge in [0.05, 0.1) is 26.1 Å². The fourth-order valence-electron chi connectivity index (χ4n) is 4.28. The van der Waals surface area contributed by atoms with Crippen molar-refractivity contribution < 1.29 is 23.7 Å². The van der Waals surface area contributed by atoms with Crippen molar-refractivity contribution in [3.8, 4) is 29.1 Å². The molecule has 0 saturated heterocycles. The van der Waals surface area contributed by atoms with E-state index in [1.165, 1.54) is 0 Å². The zero-order valence-electron chi connectivity index (χ0n) is 21.0. The molecule has 1 atom stereocenters. The molecule has 37 heavy (non-hydrogen) atoms. The van der Waals surface area contributed by atoms with Gasteiger partial charge in [-0.1, -0.05) is 56.2 Å². The van der Waals surface area contributed by atoms with Crippen LogP contribution in [0.15, 0.2) is 78.2 Å². The molecule has 1 unspecified atom stereocenters. The van der Waals surface area contributed by atoms with Crippen LogP contribution in [0.25, 0.3) is 0 Å². The fraction of sp³-hybridized carbons (Fsp3) is 0.267.